The standard InChI is InChI=1S/C15H26N4O/c16-10-4-5-13-11-19(18-17-13)12-14-6-9-15(20-14)7-2-1-3-8-15/h11,14H,1-10,12,16H2. The molecule has 1 spiro atoms. The largest absolute Gasteiger partial charge is 0.370 e. The highest BCUT2D eigenvalue weighted by molar-refractivity contribution is 4.94. The average molecular weight is 278 g/mol. The second-order valence-corrected chi connectivity index (χ2v) is 6.35. The quantitative estimate of drug-likeness (QED) is 0.895. The van der Waals surface area contributed by atoms with Crippen molar-refractivity contribution in [2.24, 2.45) is 5.73 Å². The van der Waals surface area contributed by atoms with E-state index in [1.165, 1.54) is 38.5 Å². The Morgan fingerprint density at radius 2 is 2.15 bits per heavy atom. The summed E-state index contributed by atoms with van der Waals surface area (Å²) >= 11 is 0. The third kappa shape index (κ3) is 3.20. The first kappa shape index (κ1) is 14.0. The molecule has 1 saturated carbocycles. The van der Waals surface area contributed by atoms with Gasteiger partial charge in [-0.3, -0.25) is 0 Å². The zero-order chi connectivity index (χ0) is 13.8. The Morgan fingerprint density at radius 3 is 2.95 bits per heavy atom. The second-order valence-electron chi connectivity index (χ2n) is 6.35. The highest BCUT2D eigenvalue weighted by atomic mass is 16.5. The van der Waals surface area contributed by atoms with Gasteiger partial charge in [-0.2, -0.15) is 0 Å². The molecule has 0 aromatic carbocycles. The minimum absolute atomic E-state index is 0.200. The number of rotatable bonds is 5. The van der Waals surface area contributed by atoms with E-state index in [0.717, 1.165) is 31.5 Å². The summed E-state index contributed by atoms with van der Waals surface area (Å²) in [6.45, 7) is 1.55. The van der Waals surface area contributed by atoms with Gasteiger partial charge in [0.05, 0.1) is 23.9 Å². The molecule has 112 valence electrons. The molecule has 2 N–H and O–H groups in total. The molecule has 5 heteroatoms. The van der Waals surface area contributed by atoms with E-state index in [1.807, 2.05) is 10.9 Å². The highest BCUT2D eigenvalue weighted by Crippen LogP contribution is 2.42. The Kier molecular flexibility index (Phi) is 4.36. The summed E-state index contributed by atoms with van der Waals surface area (Å²) < 4.78 is 8.32. The van der Waals surface area contributed by atoms with Gasteiger partial charge in [0.25, 0.3) is 0 Å². The molecule has 3 rings (SSSR count). The van der Waals surface area contributed by atoms with Gasteiger partial charge in [-0.25, -0.2) is 4.68 Å². The second kappa shape index (κ2) is 6.22. The van der Waals surface area contributed by atoms with Crippen LogP contribution in [-0.2, 0) is 17.7 Å². The van der Waals surface area contributed by atoms with Crippen LogP contribution in [0.1, 0.15) is 57.1 Å². The molecule has 1 aliphatic heterocycles. The third-order valence-corrected chi connectivity index (χ3v) is 4.72. The number of aromatic nitrogens is 3. The van der Waals surface area contributed by atoms with Crippen molar-refractivity contribution >= 4 is 0 Å². The maximum Gasteiger partial charge on any atom is 0.0827 e. The number of hydrogen-bond acceptors (Lipinski definition) is 4. The maximum atomic E-state index is 6.38. The fourth-order valence-corrected chi connectivity index (χ4v) is 3.62. The number of nitrogens with zero attached hydrogens (tertiary/aromatic N) is 3. The van der Waals surface area contributed by atoms with Crippen molar-refractivity contribution in [1.29, 1.82) is 0 Å². The highest BCUT2D eigenvalue weighted by Gasteiger charge is 2.40. The normalized spacial score (nSPS) is 25.4. The summed E-state index contributed by atoms with van der Waals surface area (Å²) in [5.74, 6) is 0. The van der Waals surface area contributed by atoms with E-state index in [9.17, 15) is 0 Å². The molecule has 1 aliphatic carbocycles. The van der Waals surface area contributed by atoms with Crippen LogP contribution < -0.4 is 5.73 Å². The molecule has 1 aromatic rings. The summed E-state index contributed by atoms with van der Waals surface area (Å²) in [7, 11) is 0. The van der Waals surface area contributed by atoms with Gasteiger partial charge < -0.3 is 10.5 Å². The molecule has 2 fully saturated rings. The van der Waals surface area contributed by atoms with E-state index >= 15 is 0 Å². The topological polar surface area (TPSA) is 66.0 Å². The Bertz CT molecular complexity index is 425. The smallest absolute Gasteiger partial charge is 0.0827 e. The van der Waals surface area contributed by atoms with Crippen LogP contribution in [0.3, 0.4) is 0 Å². The summed E-state index contributed by atoms with van der Waals surface area (Å²) in [4.78, 5) is 0. The van der Waals surface area contributed by atoms with Gasteiger partial charge in [0, 0.05) is 6.20 Å². The third-order valence-electron chi connectivity index (χ3n) is 4.72. The number of ether oxygens (including phenoxy) is 1. The van der Waals surface area contributed by atoms with E-state index in [4.69, 9.17) is 10.5 Å². The minimum atomic E-state index is 0.200. The predicted octanol–water partition coefficient (Wildman–Crippen LogP) is 2.05. The van der Waals surface area contributed by atoms with Crippen molar-refractivity contribution in [2.45, 2.75) is 76.0 Å². The van der Waals surface area contributed by atoms with E-state index in [-0.39, 0.29) is 5.60 Å². The van der Waals surface area contributed by atoms with Crippen LogP contribution in [0.5, 0.6) is 0 Å². The van der Waals surface area contributed by atoms with Crippen molar-refractivity contribution < 1.29 is 4.74 Å². The Morgan fingerprint density at radius 1 is 1.30 bits per heavy atom. The molecule has 1 saturated heterocycles. The number of hydrogen-bond donors (Lipinski definition) is 1. The van der Waals surface area contributed by atoms with E-state index < -0.39 is 0 Å². The number of aryl methyl sites for hydroxylation is 1. The Hall–Kier alpha value is -0.940. The van der Waals surface area contributed by atoms with Crippen LogP contribution in [0.2, 0.25) is 0 Å². The monoisotopic (exact) mass is 278 g/mol. The molecule has 0 radical (unpaired) electrons. The van der Waals surface area contributed by atoms with Gasteiger partial charge in [-0.1, -0.05) is 24.5 Å². The van der Waals surface area contributed by atoms with Crippen LogP contribution >= 0.6 is 0 Å². The van der Waals surface area contributed by atoms with Crippen molar-refractivity contribution in [3.05, 3.63) is 11.9 Å². The van der Waals surface area contributed by atoms with Crippen molar-refractivity contribution in [3.63, 3.8) is 0 Å². The predicted molar refractivity (Wildman–Crippen MR) is 77.3 cm³/mol. The summed E-state index contributed by atoms with van der Waals surface area (Å²) in [6.07, 6.45) is 13.2. The van der Waals surface area contributed by atoms with Gasteiger partial charge in [0.2, 0.25) is 0 Å². The van der Waals surface area contributed by atoms with Crippen molar-refractivity contribution in [3.8, 4) is 0 Å². The van der Waals surface area contributed by atoms with Gasteiger partial charge in [0.1, 0.15) is 0 Å². The van der Waals surface area contributed by atoms with Gasteiger partial charge >= 0.3 is 0 Å². The lowest BCUT2D eigenvalue weighted by Crippen LogP contribution is -2.32. The first-order chi connectivity index (χ1) is 9.80. The van der Waals surface area contributed by atoms with Crippen LogP contribution in [-0.4, -0.2) is 33.2 Å². The first-order valence-electron chi connectivity index (χ1n) is 8.07. The van der Waals surface area contributed by atoms with E-state index in [0.29, 0.717) is 12.6 Å². The summed E-state index contributed by atoms with van der Waals surface area (Å²) in [6, 6.07) is 0. The fraction of sp³-hybridized carbons (Fsp3) is 0.867. The van der Waals surface area contributed by atoms with Gasteiger partial charge in [-0.15, -0.1) is 5.10 Å². The van der Waals surface area contributed by atoms with E-state index in [2.05, 4.69) is 10.3 Å². The first-order valence-corrected chi connectivity index (χ1v) is 8.07. The Labute approximate surface area is 120 Å². The van der Waals surface area contributed by atoms with Crippen LogP contribution in [0.25, 0.3) is 0 Å². The molecular formula is C15H26N4O. The molecular weight excluding hydrogens is 252 g/mol. The lowest BCUT2D eigenvalue weighted by atomic mass is 9.83. The van der Waals surface area contributed by atoms with Crippen LogP contribution in [0.4, 0.5) is 0 Å². The van der Waals surface area contributed by atoms with Crippen molar-refractivity contribution in [1.82, 2.24) is 15.0 Å². The molecule has 2 heterocycles. The minimum Gasteiger partial charge on any atom is -0.370 e. The van der Waals surface area contributed by atoms with Gasteiger partial charge in [0.15, 0.2) is 0 Å². The van der Waals surface area contributed by atoms with Crippen LogP contribution in [0.15, 0.2) is 6.20 Å². The molecule has 0 bridgehead atoms. The maximum absolute atomic E-state index is 6.38. The SMILES string of the molecule is NCCCc1cn(CC2CCC3(CCCCC3)O2)nn1. The lowest BCUT2D eigenvalue weighted by molar-refractivity contribution is -0.0689. The number of nitrogens with two attached hydrogens (primary N) is 1. The molecule has 20 heavy (non-hydrogen) atoms. The molecule has 5 nitrogen and oxygen atoms in total. The van der Waals surface area contributed by atoms with Gasteiger partial charge in [-0.05, 0) is 45.1 Å². The lowest BCUT2D eigenvalue weighted by Gasteiger charge is -2.33. The zero-order valence-corrected chi connectivity index (χ0v) is 12.3. The van der Waals surface area contributed by atoms with Crippen molar-refractivity contribution in [2.75, 3.05) is 6.54 Å². The Balaban J connectivity index is 1.52. The molecule has 2 aliphatic rings. The summed E-state index contributed by atoms with van der Waals surface area (Å²) in [5, 5.41) is 8.41. The summed E-state index contributed by atoms with van der Waals surface area (Å²) in [5.41, 5.74) is 6.76. The molecule has 1 unspecified atom stereocenters. The molecule has 1 atom stereocenters. The van der Waals surface area contributed by atoms with E-state index in [1.54, 1.807) is 0 Å². The molecule has 0 amide bonds. The van der Waals surface area contributed by atoms with Crippen LogP contribution in [0, 0.1) is 0 Å². The average Bonchev–Trinajstić information content (AvgIpc) is 3.06. The fourth-order valence-electron chi connectivity index (χ4n) is 3.62. The molecule has 1 aromatic heterocycles. The zero-order valence-electron chi connectivity index (χ0n) is 12.3.